The molecule has 0 saturated heterocycles. The second-order valence-electron chi connectivity index (χ2n) is 4.84. The second-order valence-corrected chi connectivity index (χ2v) is 5.76. The number of aryl methyl sites for hydroxylation is 1. The van der Waals surface area contributed by atoms with E-state index in [-0.39, 0.29) is 0 Å². The van der Waals surface area contributed by atoms with Crippen molar-refractivity contribution in [1.82, 2.24) is 5.32 Å². The number of ether oxygens (including phenoxy) is 1. The van der Waals surface area contributed by atoms with Crippen LogP contribution in [0, 0.1) is 6.92 Å². The fraction of sp³-hybridized carbons (Fsp3) is 0.500. The Morgan fingerprint density at radius 1 is 1.42 bits per heavy atom. The molecule has 0 aromatic heterocycles. The SMILES string of the molecule is Cc1cc(Br)cc(CNC(C)C)c1OC(C)C(=O)O. The van der Waals surface area contributed by atoms with E-state index in [1.807, 2.05) is 19.1 Å². The first kappa shape index (κ1) is 16.0. The maximum absolute atomic E-state index is 10.9. The van der Waals surface area contributed by atoms with Gasteiger partial charge in [0.15, 0.2) is 6.10 Å². The molecule has 5 heteroatoms. The lowest BCUT2D eigenvalue weighted by atomic mass is 10.1. The molecule has 0 aliphatic rings. The van der Waals surface area contributed by atoms with Crippen molar-refractivity contribution in [2.45, 2.75) is 46.4 Å². The van der Waals surface area contributed by atoms with Gasteiger partial charge in [-0.05, 0) is 31.5 Å². The van der Waals surface area contributed by atoms with Crippen molar-refractivity contribution < 1.29 is 14.6 Å². The molecular weight excluding hydrogens is 310 g/mol. The normalized spacial score (nSPS) is 12.5. The molecule has 1 atom stereocenters. The average molecular weight is 330 g/mol. The molecule has 1 aromatic carbocycles. The van der Waals surface area contributed by atoms with E-state index in [1.54, 1.807) is 0 Å². The van der Waals surface area contributed by atoms with Crippen LogP contribution in [-0.2, 0) is 11.3 Å². The van der Waals surface area contributed by atoms with E-state index in [0.29, 0.717) is 18.3 Å². The molecule has 2 N–H and O–H groups in total. The van der Waals surface area contributed by atoms with Crippen LogP contribution in [-0.4, -0.2) is 23.2 Å². The Hall–Kier alpha value is -1.07. The highest BCUT2D eigenvalue weighted by Gasteiger charge is 2.17. The lowest BCUT2D eigenvalue weighted by Gasteiger charge is -2.18. The standard InChI is InChI=1S/C14H20BrNO3/c1-8(2)16-7-11-6-12(15)5-9(3)13(11)19-10(4)14(17)18/h5-6,8,10,16H,7H2,1-4H3,(H,17,18). The summed E-state index contributed by atoms with van der Waals surface area (Å²) in [4.78, 5) is 10.9. The molecule has 0 aliphatic carbocycles. The fourth-order valence-electron chi connectivity index (χ4n) is 1.64. The molecule has 0 heterocycles. The first-order valence-corrected chi connectivity index (χ1v) is 7.02. The number of carbonyl (C=O) groups is 1. The summed E-state index contributed by atoms with van der Waals surface area (Å²) in [6.45, 7) is 8.20. The molecule has 0 radical (unpaired) electrons. The molecule has 1 unspecified atom stereocenters. The summed E-state index contributed by atoms with van der Waals surface area (Å²) in [6, 6.07) is 4.22. The number of hydrogen-bond donors (Lipinski definition) is 2. The molecule has 0 aliphatic heterocycles. The van der Waals surface area contributed by atoms with E-state index in [2.05, 4.69) is 35.1 Å². The van der Waals surface area contributed by atoms with Gasteiger partial charge in [0.25, 0.3) is 0 Å². The van der Waals surface area contributed by atoms with Gasteiger partial charge >= 0.3 is 5.97 Å². The van der Waals surface area contributed by atoms with Gasteiger partial charge in [-0.1, -0.05) is 29.8 Å². The predicted octanol–water partition coefficient (Wildman–Crippen LogP) is 3.11. The molecule has 0 spiro atoms. The van der Waals surface area contributed by atoms with Crippen LogP contribution in [0.4, 0.5) is 0 Å². The van der Waals surface area contributed by atoms with Crippen molar-refractivity contribution in [3.8, 4) is 5.75 Å². The maximum Gasteiger partial charge on any atom is 0.344 e. The van der Waals surface area contributed by atoms with Crippen LogP contribution in [0.5, 0.6) is 5.75 Å². The molecule has 0 amide bonds. The lowest BCUT2D eigenvalue weighted by Crippen LogP contribution is -2.26. The summed E-state index contributed by atoms with van der Waals surface area (Å²) in [5, 5.41) is 12.3. The number of rotatable bonds is 6. The zero-order valence-electron chi connectivity index (χ0n) is 11.7. The smallest absolute Gasteiger partial charge is 0.344 e. The van der Waals surface area contributed by atoms with Crippen LogP contribution in [0.1, 0.15) is 31.9 Å². The van der Waals surface area contributed by atoms with Crippen LogP contribution < -0.4 is 10.1 Å². The monoisotopic (exact) mass is 329 g/mol. The van der Waals surface area contributed by atoms with Crippen molar-refractivity contribution >= 4 is 21.9 Å². The lowest BCUT2D eigenvalue weighted by molar-refractivity contribution is -0.144. The minimum absolute atomic E-state index is 0.351. The minimum Gasteiger partial charge on any atom is -0.479 e. The molecular formula is C14H20BrNO3. The molecule has 0 bridgehead atoms. The highest BCUT2D eigenvalue weighted by molar-refractivity contribution is 9.10. The Kier molecular flexibility index (Phi) is 5.82. The minimum atomic E-state index is -0.968. The maximum atomic E-state index is 10.9. The highest BCUT2D eigenvalue weighted by atomic mass is 79.9. The summed E-state index contributed by atoms with van der Waals surface area (Å²) in [5.41, 5.74) is 1.87. The van der Waals surface area contributed by atoms with Gasteiger partial charge in [-0.2, -0.15) is 0 Å². The zero-order chi connectivity index (χ0) is 14.6. The van der Waals surface area contributed by atoms with E-state index >= 15 is 0 Å². The Balaban J connectivity index is 3.02. The van der Waals surface area contributed by atoms with Crippen LogP contribution in [0.2, 0.25) is 0 Å². The zero-order valence-corrected chi connectivity index (χ0v) is 13.2. The molecule has 1 rings (SSSR count). The van der Waals surface area contributed by atoms with Gasteiger partial charge in [0, 0.05) is 22.6 Å². The summed E-state index contributed by atoms with van der Waals surface area (Å²) < 4.78 is 6.52. The van der Waals surface area contributed by atoms with Crippen LogP contribution in [0.25, 0.3) is 0 Å². The molecule has 106 valence electrons. The third kappa shape index (κ3) is 4.84. The van der Waals surface area contributed by atoms with E-state index in [0.717, 1.165) is 15.6 Å². The molecule has 0 fully saturated rings. The van der Waals surface area contributed by atoms with E-state index in [9.17, 15) is 4.79 Å². The number of halogens is 1. The van der Waals surface area contributed by atoms with Gasteiger partial charge in [-0.25, -0.2) is 4.79 Å². The largest absolute Gasteiger partial charge is 0.479 e. The number of aliphatic carboxylic acids is 1. The Morgan fingerprint density at radius 3 is 2.58 bits per heavy atom. The molecule has 1 aromatic rings. The Labute approximate surface area is 122 Å². The molecule has 19 heavy (non-hydrogen) atoms. The first-order valence-electron chi connectivity index (χ1n) is 6.23. The summed E-state index contributed by atoms with van der Waals surface area (Å²) >= 11 is 3.45. The second kappa shape index (κ2) is 6.91. The fourth-order valence-corrected chi connectivity index (χ4v) is 2.26. The third-order valence-electron chi connectivity index (χ3n) is 2.66. The predicted molar refractivity (Wildman–Crippen MR) is 78.6 cm³/mol. The van der Waals surface area contributed by atoms with Crippen molar-refractivity contribution in [1.29, 1.82) is 0 Å². The van der Waals surface area contributed by atoms with Crippen LogP contribution in [0.3, 0.4) is 0 Å². The van der Waals surface area contributed by atoms with Gasteiger partial charge in [0.1, 0.15) is 5.75 Å². The van der Waals surface area contributed by atoms with Crippen LogP contribution >= 0.6 is 15.9 Å². The van der Waals surface area contributed by atoms with Crippen LogP contribution in [0.15, 0.2) is 16.6 Å². The molecule has 0 saturated carbocycles. The Morgan fingerprint density at radius 2 is 2.05 bits per heavy atom. The highest BCUT2D eigenvalue weighted by Crippen LogP contribution is 2.29. The van der Waals surface area contributed by atoms with Crippen molar-refractivity contribution in [3.63, 3.8) is 0 Å². The van der Waals surface area contributed by atoms with Crippen molar-refractivity contribution in [2.24, 2.45) is 0 Å². The first-order chi connectivity index (χ1) is 8.81. The van der Waals surface area contributed by atoms with E-state index < -0.39 is 12.1 Å². The average Bonchev–Trinajstić information content (AvgIpc) is 2.29. The topological polar surface area (TPSA) is 58.6 Å². The van der Waals surface area contributed by atoms with E-state index in [4.69, 9.17) is 9.84 Å². The number of carboxylic acid groups (broad SMARTS) is 1. The molecule has 4 nitrogen and oxygen atoms in total. The van der Waals surface area contributed by atoms with Crippen molar-refractivity contribution in [3.05, 3.63) is 27.7 Å². The summed E-state index contributed by atoms with van der Waals surface area (Å²) in [7, 11) is 0. The number of nitrogens with one attached hydrogen (secondary N) is 1. The van der Waals surface area contributed by atoms with Gasteiger partial charge in [-0.15, -0.1) is 0 Å². The van der Waals surface area contributed by atoms with Gasteiger partial charge < -0.3 is 15.2 Å². The van der Waals surface area contributed by atoms with Gasteiger partial charge in [0.2, 0.25) is 0 Å². The quantitative estimate of drug-likeness (QED) is 0.841. The summed E-state index contributed by atoms with van der Waals surface area (Å²) in [5.74, 6) is -0.323. The van der Waals surface area contributed by atoms with Crippen molar-refractivity contribution in [2.75, 3.05) is 0 Å². The van der Waals surface area contributed by atoms with Gasteiger partial charge in [-0.3, -0.25) is 0 Å². The summed E-state index contributed by atoms with van der Waals surface area (Å²) in [6.07, 6.45) is -0.863. The van der Waals surface area contributed by atoms with Gasteiger partial charge in [0.05, 0.1) is 0 Å². The third-order valence-corrected chi connectivity index (χ3v) is 3.12. The Bertz CT molecular complexity index is 460. The van der Waals surface area contributed by atoms with E-state index in [1.165, 1.54) is 6.92 Å². The number of carboxylic acids is 1. The number of hydrogen-bond acceptors (Lipinski definition) is 3. The number of benzene rings is 1.